The van der Waals surface area contributed by atoms with E-state index in [2.05, 4.69) is 10.2 Å². The topological polar surface area (TPSA) is 54.0 Å². The zero-order valence-corrected chi connectivity index (χ0v) is 11.9. The van der Waals surface area contributed by atoms with Gasteiger partial charge in [-0.05, 0) is 0 Å². The number of ether oxygens (including phenoxy) is 2. The van der Waals surface area contributed by atoms with E-state index in [1.165, 1.54) is 0 Å². The predicted molar refractivity (Wildman–Crippen MR) is 72.1 cm³/mol. The monoisotopic (exact) mass is 271 g/mol. The minimum atomic E-state index is 0.124. The summed E-state index contributed by atoms with van der Waals surface area (Å²) in [6, 6.07) is 0. The van der Waals surface area contributed by atoms with Crippen molar-refractivity contribution in [1.82, 2.24) is 15.1 Å². The molecule has 0 radical (unpaired) electrons. The molecule has 1 amide bonds. The molecule has 2 aliphatic rings. The molecule has 19 heavy (non-hydrogen) atoms. The van der Waals surface area contributed by atoms with Crippen LogP contribution in [0.4, 0.5) is 0 Å². The minimum Gasteiger partial charge on any atom is -0.377 e. The number of piperazine rings is 1. The van der Waals surface area contributed by atoms with Crippen LogP contribution in [0.3, 0.4) is 0 Å². The average Bonchev–Trinajstić information content (AvgIpc) is 2.88. The number of nitrogens with one attached hydrogen (secondary N) is 1. The van der Waals surface area contributed by atoms with Gasteiger partial charge in [0.05, 0.1) is 12.2 Å². The zero-order chi connectivity index (χ0) is 13.7. The van der Waals surface area contributed by atoms with Gasteiger partial charge in [-0.25, -0.2) is 0 Å². The predicted octanol–water partition coefficient (Wildman–Crippen LogP) is -0.846. The molecule has 0 aromatic carbocycles. The summed E-state index contributed by atoms with van der Waals surface area (Å²) in [6.07, 6.45) is 0.839. The van der Waals surface area contributed by atoms with Gasteiger partial charge in [-0.1, -0.05) is 0 Å². The van der Waals surface area contributed by atoms with Crippen LogP contribution in [0.1, 0.15) is 6.42 Å². The second-order valence-electron chi connectivity index (χ2n) is 5.19. The molecule has 1 N–H and O–H groups in total. The fourth-order valence-electron chi connectivity index (χ4n) is 2.78. The van der Waals surface area contributed by atoms with Gasteiger partial charge < -0.3 is 19.7 Å². The smallest absolute Gasteiger partial charge is 0.223 e. The van der Waals surface area contributed by atoms with E-state index < -0.39 is 0 Å². The van der Waals surface area contributed by atoms with Gasteiger partial charge in [-0.15, -0.1) is 0 Å². The fraction of sp³-hybridized carbons (Fsp3) is 0.923. The zero-order valence-electron chi connectivity index (χ0n) is 11.9. The second kappa shape index (κ2) is 7.19. The summed E-state index contributed by atoms with van der Waals surface area (Å²) >= 11 is 0. The maximum absolute atomic E-state index is 12.1. The second-order valence-corrected chi connectivity index (χ2v) is 5.19. The molecule has 2 saturated heterocycles. The minimum absolute atomic E-state index is 0.124. The normalized spacial score (nSPS) is 28.8. The van der Waals surface area contributed by atoms with Crippen molar-refractivity contribution in [2.45, 2.75) is 18.6 Å². The summed E-state index contributed by atoms with van der Waals surface area (Å²) in [4.78, 5) is 16.3. The van der Waals surface area contributed by atoms with Crippen LogP contribution in [0.15, 0.2) is 0 Å². The summed E-state index contributed by atoms with van der Waals surface area (Å²) in [5.41, 5.74) is 0. The lowest BCUT2D eigenvalue weighted by Crippen LogP contribution is -2.47. The highest BCUT2D eigenvalue weighted by molar-refractivity contribution is 5.76. The molecule has 0 saturated carbocycles. The van der Waals surface area contributed by atoms with Gasteiger partial charge in [-0.3, -0.25) is 9.69 Å². The Morgan fingerprint density at radius 3 is 2.26 bits per heavy atom. The van der Waals surface area contributed by atoms with Crippen molar-refractivity contribution in [2.75, 3.05) is 60.0 Å². The number of methoxy groups -OCH3 is 2. The highest BCUT2D eigenvalue weighted by Gasteiger charge is 2.33. The van der Waals surface area contributed by atoms with Crippen LogP contribution < -0.4 is 5.32 Å². The summed E-state index contributed by atoms with van der Waals surface area (Å²) in [5.74, 6) is 0.260. The molecule has 2 fully saturated rings. The first kappa shape index (κ1) is 14.7. The van der Waals surface area contributed by atoms with Crippen LogP contribution in [0.2, 0.25) is 0 Å². The maximum Gasteiger partial charge on any atom is 0.223 e. The van der Waals surface area contributed by atoms with Crippen LogP contribution >= 0.6 is 0 Å². The Bertz CT molecular complexity index is 283. The Morgan fingerprint density at radius 2 is 1.74 bits per heavy atom. The Morgan fingerprint density at radius 1 is 1.16 bits per heavy atom. The molecular formula is C13H25N3O3. The molecule has 0 aliphatic carbocycles. The third kappa shape index (κ3) is 3.89. The summed E-state index contributed by atoms with van der Waals surface area (Å²) in [5, 5.41) is 3.26. The molecule has 110 valence electrons. The van der Waals surface area contributed by atoms with Crippen molar-refractivity contribution in [3.8, 4) is 0 Å². The molecule has 2 rings (SSSR count). The first-order valence-electron chi connectivity index (χ1n) is 7.01. The molecule has 6 nitrogen and oxygen atoms in total. The maximum atomic E-state index is 12.1. The fourth-order valence-corrected chi connectivity index (χ4v) is 2.78. The van der Waals surface area contributed by atoms with E-state index in [4.69, 9.17) is 9.47 Å². The van der Waals surface area contributed by atoms with Crippen LogP contribution in [0, 0.1) is 0 Å². The molecule has 0 aromatic heterocycles. The van der Waals surface area contributed by atoms with Crippen LogP contribution in [-0.2, 0) is 14.3 Å². The highest BCUT2D eigenvalue weighted by Crippen LogP contribution is 2.16. The quantitative estimate of drug-likeness (QED) is 0.706. The van der Waals surface area contributed by atoms with Gasteiger partial charge in [0.1, 0.15) is 0 Å². The van der Waals surface area contributed by atoms with E-state index in [0.29, 0.717) is 6.42 Å². The van der Waals surface area contributed by atoms with Gasteiger partial charge in [0.2, 0.25) is 5.91 Å². The number of hydrogen-bond acceptors (Lipinski definition) is 5. The summed E-state index contributed by atoms with van der Waals surface area (Å²) in [6.45, 7) is 5.98. The van der Waals surface area contributed by atoms with E-state index >= 15 is 0 Å². The van der Waals surface area contributed by atoms with E-state index in [9.17, 15) is 4.79 Å². The Labute approximate surface area is 115 Å². The molecule has 0 bridgehead atoms. The molecule has 2 unspecified atom stereocenters. The SMILES string of the molecule is COC1CN(CCC(=O)N2CCNCC2)CC1OC. The first-order chi connectivity index (χ1) is 9.24. The molecule has 2 atom stereocenters. The molecule has 2 heterocycles. The number of carbonyl (C=O) groups is 1. The average molecular weight is 271 g/mol. The third-order valence-electron chi connectivity index (χ3n) is 4.01. The van der Waals surface area contributed by atoms with Crippen LogP contribution in [-0.4, -0.2) is 87.9 Å². The third-order valence-corrected chi connectivity index (χ3v) is 4.01. The van der Waals surface area contributed by atoms with Crippen molar-refractivity contribution in [1.29, 1.82) is 0 Å². The van der Waals surface area contributed by atoms with Crippen molar-refractivity contribution in [3.05, 3.63) is 0 Å². The van der Waals surface area contributed by atoms with Crippen LogP contribution in [0.5, 0.6) is 0 Å². The van der Waals surface area contributed by atoms with Crippen molar-refractivity contribution < 1.29 is 14.3 Å². The highest BCUT2D eigenvalue weighted by atomic mass is 16.5. The summed E-state index contributed by atoms with van der Waals surface area (Å²) in [7, 11) is 3.43. The number of nitrogens with zero attached hydrogens (tertiary/aromatic N) is 2. The van der Waals surface area contributed by atoms with Gasteiger partial charge in [0.15, 0.2) is 0 Å². The molecule has 6 heteroatoms. The van der Waals surface area contributed by atoms with Gasteiger partial charge in [0.25, 0.3) is 0 Å². The van der Waals surface area contributed by atoms with Gasteiger partial charge in [-0.2, -0.15) is 0 Å². The van der Waals surface area contributed by atoms with Crippen LogP contribution in [0.25, 0.3) is 0 Å². The van der Waals surface area contributed by atoms with Crippen molar-refractivity contribution in [2.24, 2.45) is 0 Å². The number of amides is 1. The molecule has 0 spiro atoms. The Hall–Kier alpha value is -0.690. The van der Waals surface area contributed by atoms with Gasteiger partial charge >= 0.3 is 0 Å². The molecular weight excluding hydrogens is 246 g/mol. The lowest BCUT2D eigenvalue weighted by atomic mass is 10.3. The van der Waals surface area contributed by atoms with Crippen molar-refractivity contribution >= 4 is 5.91 Å². The first-order valence-corrected chi connectivity index (χ1v) is 7.01. The van der Waals surface area contributed by atoms with Gasteiger partial charge in [0, 0.05) is 66.5 Å². The number of carbonyl (C=O) groups excluding carboxylic acids is 1. The molecule has 2 aliphatic heterocycles. The Kier molecular flexibility index (Phi) is 5.57. The number of hydrogen-bond donors (Lipinski definition) is 1. The number of rotatable bonds is 5. The lowest BCUT2D eigenvalue weighted by molar-refractivity contribution is -0.132. The standard InChI is InChI=1S/C13H25N3O3/c1-18-11-9-15(10-12(11)19-2)6-3-13(17)16-7-4-14-5-8-16/h11-12,14H,3-10H2,1-2H3. The number of likely N-dealkylation sites (tertiary alicyclic amines) is 1. The Balaban J connectivity index is 1.72. The van der Waals surface area contributed by atoms with E-state index in [0.717, 1.165) is 45.8 Å². The van der Waals surface area contributed by atoms with E-state index in [-0.39, 0.29) is 18.1 Å². The summed E-state index contributed by atoms with van der Waals surface area (Å²) < 4.78 is 10.8. The largest absolute Gasteiger partial charge is 0.377 e. The van der Waals surface area contributed by atoms with E-state index in [1.54, 1.807) is 14.2 Å². The van der Waals surface area contributed by atoms with Crippen molar-refractivity contribution in [3.63, 3.8) is 0 Å². The molecule has 0 aromatic rings. The lowest BCUT2D eigenvalue weighted by Gasteiger charge is -2.28. The van der Waals surface area contributed by atoms with E-state index in [1.807, 2.05) is 4.90 Å².